The number of hydrogen-bond acceptors (Lipinski definition) is 6. The lowest BCUT2D eigenvalue weighted by molar-refractivity contribution is -0.274. The number of amides is 3. The summed E-state index contributed by atoms with van der Waals surface area (Å²) in [5.41, 5.74) is -3.11. The quantitative estimate of drug-likeness (QED) is 0.319. The third-order valence-electron chi connectivity index (χ3n) is 5.54. The van der Waals surface area contributed by atoms with Crippen molar-refractivity contribution >= 4 is 40.9 Å². The second-order valence-corrected chi connectivity index (χ2v) is 8.84. The van der Waals surface area contributed by atoms with Crippen molar-refractivity contribution in [2.75, 3.05) is 18.1 Å². The summed E-state index contributed by atoms with van der Waals surface area (Å²) < 4.78 is 85.9. The number of urea groups is 1. The highest BCUT2D eigenvalue weighted by Crippen LogP contribution is 2.39. The van der Waals surface area contributed by atoms with E-state index in [1.807, 2.05) is 0 Å². The summed E-state index contributed by atoms with van der Waals surface area (Å²) in [7, 11) is 0. The van der Waals surface area contributed by atoms with Crippen LogP contribution in [0.3, 0.4) is 0 Å². The van der Waals surface area contributed by atoms with Crippen molar-refractivity contribution in [1.29, 1.82) is 0 Å². The fourth-order valence-electron chi connectivity index (χ4n) is 3.81. The first kappa shape index (κ1) is 29.7. The Morgan fingerprint density at radius 3 is 2.18 bits per heavy atom. The Morgan fingerprint density at radius 2 is 1.69 bits per heavy atom. The van der Waals surface area contributed by atoms with E-state index in [9.17, 15) is 40.7 Å². The molecule has 2 aromatic carbocycles. The van der Waals surface area contributed by atoms with Crippen LogP contribution >= 0.6 is 11.6 Å². The maximum absolute atomic E-state index is 13.4. The molecular formula is C24H20ClF6N3O5. The smallest absolute Gasteiger partial charge is 0.465 e. The number of hydrogen-bond donors (Lipinski definition) is 0. The van der Waals surface area contributed by atoms with Crippen molar-refractivity contribution in [2.24, 2.45) is 10.5 Å². The molecule has 1 atom stereocenters. The number of rotatable bonds is 5. The standard InChI is InChI=1S/C24H20ClF6N3O5/c1-4-38-20(36)22(3)12-33(32-19(22)14-5-10-17(18(25)11-14)23(26,27)28)21(37)34(13(2)35)15-6-8-16(9-7-15)39-24(29,30)31/h5-11H,4,12H2,1-3H3. The van der Waals surface area contributed by atoms with Gasteiger partial charge < -0.3 is 9.47 Å². The minimum atomic E-state index is -4.96. The summed E-state index contributed by atoms with van der Waals surface area (Å²) in [4.78, 5) is 39.3. The molecule has 0 saturated carbocycles. The van der Waals surface area contributed by atoms with Crippen LogP contribution in [0.5, 0.6) is 5.75 Å². The van der Waals surface area contributed by atoms with Gasteiger partial charge in [0.05, 0.1) is 35.1 Å². The van der Waals surface area contributed by atoms with E-state index < -0.39 is 58.7 Å². The zero-order chi connectivity index (χ0) is 29.3. The highest BCUT2D eigenvalue weighted by Gasteiger charge is 2.50. The van der Waals surface area contributed by atoms with E-state index in [2.05, 4.69) is 9.84 Å². The van der Waals surface area contributed by atoms with Crippen LogP contribution in [0.25, 0.3) is 0 Å². The van der Waals surface area contributed by atoms with Crippen molar-refractivity contribution in [3.63, 3.8) is 0 Å². The Labute approximate surface area is 222 Å². The maximum atomic E-state index is 13.4. The molecule has 0 N–H and O–H groups in total. The molecule has 1 unspecified atom stereocenters. The van der Waals surface area contributed by atoms with Gasteiger partial charge in [0.15, 0.2) is 0 Å². The van der Waals surface area contributed by atoms with Crippen LogP contribution in [-0.4, -0.2) is 48.1 Å². The van der Waals surface area contributed by atoms with E-state index in [0.717, 1.165) is 48.3 Å². The molecule has 210 valence electrons. The van der Waals surface area contributed by atoms with Gasteiger partial charge in [0.1, 0.15) is 11.2 Å². The number of carbonyl (C=O) groups is 3. The topological polar surface area (TPSA) is 88.5 Å². The van der Waals surface area contributed by atoms with Crippen LogP contribution in [0, 0.1) is 5.41 Å². The molecular weight excluding hydrogens is 560 g/mol. The van der Waals surface area contributed by atoms with Crippen molar-refractivity contribution in [3.8, 4) is 5.75 Å². The molecule has 0 spiro atoms. The lowest BCUT2D eigenvalue weighted by Crippen LogP contribution is -2.46. The van der Waals surface area contributed by atoms with Gasteiger partial charge in [-0.15, -0.1) is 13.2 Å². The lowest BCUT2D eigenvalue weighted by Gasteiger charge is -2.26. The third-order valence-corrected chi connectivity index (χ3v) is 5.85. The molecule has 15 heteroatoms. The van der Waals surface area contributed by atoms with Gasteiger partial charge in [0.25, 0.3) is 0 Å². The minimum Gasteiger partial charge on any atom is -0.465 e. The molecule has 0 bridgehead atoms. The van der Waals surface area contributed by atoms with E-state index >= 15 is 0 Å². The number of nitrogens with zero attached hydrogens (tertiary/aromatic N) is 3. The maximum Gasteiger partial charge on any atom is 0.573 e. The summed E-state index contributed by atoms with van der Waals surface area (Å²) in [5, 5.41) is 4.19. The van der Waals surface area contributed by atoms with Gasteiger partial charge in [-0.2, -0.15) is 18.3 Å². The Kier molecular flexibility index (Phi) is 8.20. The predicted molar refractivity (Wildman–Crippen MR) is 126 cm³/mol. The number of imide groups is 1. The van der Waals surface area contributed by atoms with Crippen LogP contribution < -0.4 is 9.64 Å². The first-order chi connectivity index (χ1) is 18.0. The molecule has 3 rings (SSSR count). The van der Waals surface area contributed by atoms with Gasteiger partial charge in [-0.25, -0.2) is 14.7 Å². The molecule has 0 aliphatic carbocycles. The number of anilines is 1. The Bertz CT molecular complexity index is 1310. The summed E-state index contributed by atoms with van der Waals surface area (Å²) in [6.07, 6.45) is -9.71. The number of hydrazone groups is 1. The monoisotopic (exact) mass is 579 g/mol. The predicted octanol–water partition coefficient (Wildman–Crippen LogP) is 6.02. The average molecular weight is 580 g/mol. The summed E-state index contributed by atoms with van der Waals surface area (Å²) >= 11 is 5.84. The first-order valence-electron chi connectivity index (χ1n) is 11.1. The number of esters is 1. The number of carbonyl (C=O) groups excluding carboxylic acids is 3. The molecule has 1 heterocycles. The largest absolute Gasteiger partial charge is 0.573 e. The van der Waals surface area contributed by atoms with E-state index in [1.165, 1.54) is 13.8 Å². The highest BCUT2D eigenvalue weighted by atomic mass is 35.5. The normalized spacial score (nSPS) is 17.5. The molecule has 1 aliphatic heterocycles. The second-order valence-electron chi connectivity index (χ2n) is 8.43. The molecule has 0 fully saturated rings. The zero-order valence-electron chi connectivity index (χ0n) is 20.5. The summed E-state index contributed by atoms with van der Waals surface area (Å²) in [6.45, 7) is 3.35. The van der Waals surface area contributed by atoms with Gasteiger partial charge >= 0.3 is 24.5 Å². The van der Waals surface area contributed by atoms with Crippen molar-refractivity contribution in [2.45, 2.75) is 33.3 Å². The van der Waals surface area contributed by atoms with E-state index in [4.69, 9.17) is 16.3 Å². The molecule has 3 amide bonds. The number of benzene rings is 2. The SMILES string of the molecule is CCOC(=O)C1(C)CN(C(=O)N(C(C)=O)c2ccc(OC(F)(F)F)cc2)N=C1c1ccc(C(F)(F)F)c(Cl)c1. The molecule has 0 saturated heterocycles. The summed E-state index contributed by atoms with van der Waals surface area (Å²) in [6, 6.07) is 5.41. The molecule has 1 aliphatic rings. The number of halogens is 7. The van der Waals surface area contributed by atoms with Gasteiger partial charge in [0.2, 0.25) is 5.91 Å². The number of alkyl halides is 6. The van der Waals surface area contributed by atoms with Gasteiger partial charge in [-0.05, 0) is 50.2 Å². The second kappa shape index (κ2) is 10.8. The van der Waals surface area contributed by atoms with Gasteiger partial charge in [-0.3, -0.25) is 9.59 Å². The molecule has 0 radical (unpaired) electrons. The Hall–Kier alpha value is -3.81. The fraction of sp³-hybridized carbons (Fsp3) is 0.333. The molecule has 8 nitrogen and oxygen atoms in total. The van der Waals surface area contributed by atoms with Crippen LogP contribution in [-0.2, 0) is 20.5 Å². The van der Waals surface area contributed by atoms with Crippen LogP contribution in [0.2, 0.25) is 5.02 Å². The van der Waals surface area contributed by atoms with Crippen LogP contribution in [0.4, 0.5) is 36.8 Å². The summed E-state index contributed by atoms with van der Waals surface area (Å²) in [5.74, 6) is -2.29. The molecule has 0 aromatic heterocycles. The van der Waals surface area contributed by atoms with E-state index in [-0.39, 0.29) is 23.6 Å². The van der Waals surface area contributed by atoms with Crippen LogP contribution in [0.1, 0.15) is 31.9 Å². The van der Waals surface area contributed by atoms with Crippen molar-refractivity contribution < 1.29 is 50.2 Å². The minimum absolute atomic E-state index is 0.0121. The third kappa shape index (κ3) is 6.44. The van der Waals surface area contributed by atoms with Crippen LogP contribution in [0.15, 0.2) is 47.6 Å². The lowest BCUT2D eigenvalue weighted by atomic mass is 9.82. The first-order valence-corrected chi connectivity index (χ1v) is 11.5. The van der Waals surface area contributed by atoms with Gasteiger partial charge in [0, 0.05) is 12.5 Å². The Morgan fingerprint density at radius 1 is 1.08 bits per heavy atom. The molecule has 2 aromatic rings. The number of ether oxygens (including phenoxy) is 2. The van der Waals surface area contributed by atoms with Crippen molar-refractivity contribution in [1.82, 2.24) is 5.01 Å². The fourth-order valence-corrected chi connectivity index (χ4v) is 4.10. The Balaban J connectivity index is 2.03. The average Bonchev–Trinajstić information content (AvgIpc) is 3.17. The van der Waals surface area contributed by atoms with Gasteiger partial charge in [-0.1, -0.05) is 17.7 Å². The van der Waals surface area contributed by atoms with Crippen molar-refractivity contribution in [3.05, 3.63) is 58.6 Å². The van der Waals surface area contributed by atoms with E-state index in [1.54, 1.807) is 0 Å². The van der Waals surface area contributed by atoms with E-state index in [0.29, 0.717) is 11.0 Å². The highest BCUT2D eigenvalue weighted by molar-refractivity contribution is 6.32. The molecule has 39 heavy (non-hydrogen) atoms. The zero-order valence-corrected chi connectivity index (χ0v) is 21.2.